The standard InChI is InChI=1S/C21H23N3O2S2/c25-20(24-9-12-27-13-10-24)15-4-3-5-16(14-15)22-21(26)23-18-8-11-28-19-7-2-1-6-17(18)19/h1-7,14,18H,8-13H2,(H2,22,23,26). The van der Waals surface area contributed by atoms with E-state index in [4.69, 9.17) is 0 Å². The van der Waals surface area contributed by atoms with Crippen molar-refractivity contribution in [3.05, 3.63) is 59.7 Å². The van der Waals surface area contributed by atoms with Gasteiger partial charge in [-0.15, -0.1) is 11.8 Å². The van der Waals surface area contributed by atoms with Crippen LogP contribution in [0.25, 0.3) is 0 Å². The number of urea groups is 1. The second-order valence-corrected chi connectivity index (χ2v) is 9.17. The van der Waals surface area contributed by atoms with Crippen molar-refractivity contribution >= 4 is 41.1 Å². The lowest BCUT2D eigenvalue weighted by Gasteiger charge is -2.27. The van der Waals surface area contributed by atoms with E-state index in [2.05, 4.69) is 22.8 Å². The SMILES string of the molecule is O=C(Nc1cccc(C(=O)N2CCSCC2)c1)NC1CCSc2ccccc21. The average molecular weight is 414 g/mol. The lowest BCUT2D eigenvalue weighted by Crippen LogP contribution is -2.38. The molecular formula is C21H23N3O2S2. The van der Waals surface area contributed by atoms with Crippen LogP contribution in [0, 0.1) is 0 Å². The number of hydrogen-bond acceptors (Lipinski definition) is 4. The third kappa shape index (κ3) is 4.47. The Bertz CT molecular complexity index is 868. The van der Waals surface area contributed by atoms with Crippen LogP contribution in [0.15, 0.2) is 53.4 Å². The molecule has 7 heteroatoms. The number of nitrogens with zero attached hydrogens (tertiary/aromatic N) is 1. The van der Waals surface area contributed by atoms with E-state index in [0.29, 0.717) is 11.3 Å². The molecule has 146 valence electrons. The highest BCUT2D eigenvalue weighted by Gasteiger charge is 2.22. The molecule has 2 N–H and O–H groups in total. The van der Waals surface area contributed by atoms with Crippen LogP contribution in [0.2, 0.25) is 0 Å². The van der Waals surface area contributed by atoms with Crippen molar-refractivity contribution in [2.24, 2.45) is 0 Å². The molecule has 4 rings (SSSR count). The van der Waals surface area contributed by atoms with Gasteiger partial charge in [0.1, 0.15) is 0 Å². The van der Waals surface area contributed by atoms with Gasteiger partial charge >= 0.3 is 6.03 Å². The van der Waals surface area contributed by atoms with E-state index in [1.807, 2.05) is 58.8 Å². The maximum Gasteiger partial charge on any atom is 0.319 e. The third-order valence-corrected chi connectivity index (χ3v) is 6.99. The zero-order chi connectivity index (χ0) is 19.3. The predicted molar refractivity (Wildman–Crippen MR) is 116 cm³/mol. The third-order valence-electron chi connectivity index (χ3n) is 4.93. The molecule has 3 amide bonds. The number of hydrogen-bond donors (Lipinski definition) is 2. The highest BCUT2D eigenvalue weighted by Crippen LogP contribution is 2.35. The first-order chi connectivity index (χ1) is 13.7. The molecule has 2 aliphatic rings. The quantitative estimate of drug-likeness (QED) is 0.790. The van der Waals surface area contributed by atoms with Crippen molar-refractivity contribution in [1.29, 1.82) is 0 Å². The molecule has 1 unspecified atom stereocenters. The zero-order valence-corrected chi connectivity index (χ0v) is 17.2. The topological polar surface area (TPSA) is 61.4 Å². The van der Waals surface area contributed by atoms with Crippen molar-refractivity contribution in [1.82, 2.24) is 10.2 Å². The zero-order valence-electron chi connectivity index (χ0n) is 15.5. The van der Waals surface area contributed by atoms with Gasteiger partial charge in [0.2, 0.25) is 0 Å². The van der Waals surface area contributed by atoms with Gasteiger partial charge in [-0.1, -0.05) is 24.3 Å². The molecule has 0 saturated carbocycles. The summed E-state index contributed by atoms with van der Waals surface area (Å²) >= 11 is 3.70. The summed E-state index contributed by atoms with van der Waals surface area (Å²) in [4.78, 5) is 28.3. The van der Waals surface area contributed by atoms with Gasteiger partial charge in [-0.25, -0.2) is 4.79 Å². The van der Waals surface area contributed by atoms with E-state index in [1.54, 1.807) is 6.07 Å². The fourth-order valence-corrected chi connectivity index (χ4v) is 5.52. The maximum atomic E-state index is 12.7. The number of carbonyl (C=O) groups is 2. The summed E-state index contributed by atoms with van der Waals surface area (Å²) in [6, 6.07) is 15.2. The number of nitrogens with one attached hydrogen (secondary N) is 2. The van der Waals surface area contributed by atoms with Crippen molar-refractivity contribution in [3.8, 4) is 0 Å². The van der Waals surface area contributed by atoms with Gasteiger partial charge in [-0.2, -0.15) is 11.8 Å². The Morgan fingerprint density at radius 2 is 1.82 bits per heavy atom. The van der Waals surface area contributed by atoms with Crippen molar-refractivity contribution in [2.75, 3.05) is 35.7 Å². The van der Waals surface area contributed by atoms with E-state index in [1.165, 1.54) is 10.5 Å². The summed E-state index contributed by atoms with van der Waals surface area (Å²) in [6.07, 6.45) is 0.903. The van der Waals surface area contributed by atoms with Crippen LogP contribution in [0.3, 0.4) is 0 Å². The Labute approximate surface area is 173 Å². The smallest absolute Gasteiger partial charge is 0.319 e. The fourth-order valence-electron chi connectivity index (χ4n) is 3.50. The van der Waals surface area contributed by atoms with E-state index >= 15 is 0 Å². The highest BCUT2D eigenvalue weighted by molar-refractivity contribution is 7.99. The normalized spacial score (nSPS) is 18.9. The van der Waals surface area contributed by atoms with Gasteiger partial charge in [0.25, 0.3) is 5.91 Å². The average Bonchev–Trinajstić information content (AvgIpc) is 2.74. The number of fused-ring (bicyclic) bond motifs is 1. The summed E-state index contributed by atoms with van der Waals surface area (Å²) < 4.78 is 0. The van der Waals surface area contributed by atoms with Gasteiger partial charge in [-0.3, -0.25) is 4.79 Å². The Hall–Kier alpha value is -2.12. The van der Waals surface area contributed by atoms with E-state index in [0.717, 1.165) is 36.8 Å². The molecule has 1 fully saturated rings. The molecule has 5 nitrogen and oxygen atoms in total. The van der Waals surface area contributed by atoms with Gasteiger partial charge in [0, 0.05) is 46.5 Å². The number of rotatable bonds is 3. The molecule has 0 aliphatic carbocycles. The number of amides is 3. The second-order valence-electron chi connectivity index (χ2n) is 6.81. The Morgan fingerprint density at radius 1 is 1.00 bits per heavy atom. The molecule has 28 heavy (non-hydrogen) atoms. The van der Waals surface area contributed by atoms with Crippen LogP contribution in [0.1, 0.15) is 28.4 Å². The Balaban J connectivity index is 1.41. The Kier molecular flexibility index (Phi) is 6.12. The number of thioether (sulfide) groups is 2. The van der Waals surface area contributed by atoms with Crippen LogP contribution in [-0.4, -0.2) is 47.2 Å². The lowest BCUT2D eigenvalue weighted by atomic mass is 10.0. The molecule has 2 aromatic rings. The first-order valence-corrected chi connectivity index (χ1v) is 11.6. The molecule has 2 heterocycles. The number of carbonyl (C=O) groups excluding carboxylic acids is 2. The first kappa shape index (κ1) is 19.2. The molecule has 1 saturated heterocycles. The second kappa shape index (κ2) is 8.92. The van der Waals surface area contributed by atoms with Crippen molar-refractivity contribution in [2.45, 2.75) is 17.4 Å². The molecule has 0 aromatic heterocycles. The van der Waals surface area contributed by atoms with Crippen LogP contribution in [-0.2, 0) is 0 Å². The lowest BCUT2D eigenvalue weighted by molar-refractivity contribution is 0.0772. The van der Waals surface area contributed by atoms with Gasteiger partial charge in [-0.05, 0) is 36.2 Å². The highest BCUT2D eigenvalue weighted by atomic mass is 32.2. The molecular weight excluding hydrogens is 390 g/mol. The molecule has 0 spiro atoms. The Morgan fingerprint density at radius 3 is 2.68 bits per heavy atom. The van der Waals surface area contributed by atoms with Crippen LogP contribution >= 0.6 is 23.5 Å². The summed E-state index contributed by atoms with van der Waals surface area (Å²) in [6.45, 7) is 1.56. The van der Waals surface area contributed by atoms with Crippen LogP contribution in [0.4, 0.5) is 10.5 Å². The van der Waals surface area contributed by atoms with E-state index in [9.17, 15) is 9.59 Å². The number of benzene rings is 2. The summed E-state index contributed by atoms with van der Waals surface area (Å²) in [5, 5.41) is 5.96. The first-order valence-electron chi connectivity index (χ1n) is 9.47. The molecule has 0 radical (unpaired) electrons. The van der Waals surface area contributed by atoms with Gasteiger partial charge in [0.05, 0.1) is 6.04 Å². The molecule has 1 atom stereocenters. The molecule has 0 bridgehead atoms. The van der Waals surface area contributed by atoms with Crippen LogP contribution in [0.5, 0.6) is 0 Å². The minimum absolute atomic E-state index is 0.00751. The predicted octanol–water partition coefficient (Wildman–Crippen LogP) is 4.23. The van der Waals surface area contributed by atoms with Crippen molar-refractivity contribution < 1.29 is 9.59 Å². The largest absolute Gasteiger partial charge is 0.337 e. The van der Waals surface area contributed by atoms with E-state index in [-0.39, 0.29) is 18.0 Å². The summed E-state index contributed by atoms with van der Waals surface area (Å²) in [5.41, 5.74) is 2.41. The molecule has 2 aromatic carbocycles. The van der Waals surface area contributed by atoms with E-state index < -0.39 is 0 Å². The summed E-state index contributed by atoms with van der Waals surface area (Å²) in [5.74, 6) is 2.98. The van der Waals surface area contributed by atoms with Gasteiger partial charge in [0.15, 0.2) is 0 Å². The maximum absolute atomic E-state index is 12.7. The minimum Gasteiger partial charge on any atom is -0.337 e. The fraction of sp³-hybridized carbons (Fsp3) is 0.333. The number of anilines is 1. The van der Waals surface area contributed by atoms with Crippen LogP contribution < -0.4 is 10.6 Å². The van der Waals surface area contributed by atoms with Gasteiger partial charge < -0.3 is 15.5 Å². The van der Waals surface area contributed by atoms with Crippen molar-refractivity contribution in [3.63, 3.8) is 0 Å². The monoisotopic (exact) mass is 413 g/mol. The summed E-state index contributed by atoms with van der Waals surface area (Å²) in [7, 11) is 0. The molecule has 2 aliphatic heterocycles. The minimum atomic E-state index is -0.245.